The number of esters is 1. The predicted molar refractivity (Wildman–Crippen MR) is 146 cm³/mol. The van der Waals surface area contributed by atoms with E-state index in [1.807, 2.05) is 30.3 Å². The Balaban J connectivity index is 0.000000389. The zero-order valence-corrected chi connectivity index (χ0v) is 28.5. The first-order valence-corrected chi connectivity index (χ1v) is 18.9. The van der Waals surface area contributed by atoms with Crippen LogP contribution in [-0.2, 0) is 46.9 Å². The van der Waals surface area contributed by atoms with E-state index in [2.05, 4.69) is 5.09 Å². The van der Waals surface area contributed by atoms with E-state index in [4.69, 9.17) is 29.1 Å². The van der Waals surface area contributed by atoms with E-state index in [9.17, 15) is 13.6 Å². The van der Waals surface area contributed by atoms with Crippen molar-refractivity contribution in [1.29, 1.82) is 1.28 Å². The van der Waals surface area contributed by atoms with Crippen LogP contribution in [0.2, 0.25) is 0 Å². The third-order valence-corrected chi connectivity index (χ3v) is 11.4. The summed E-state index contributed by atoms with van der Waals surface area (Å²) in [5.74, 6) is 0.266. The van der Waals surface area contributed by atoms with Gasteiger partial charge in [-0.25, -0.2) is 4.39 Å². The van der Waals surface area contributed by atoms with E-state index in [-0.39, 0.29) is 52.8 Å². The van der Waals surface area contributed by atoms with Gasteiger partial charge in [-0.3, -0.25) is 0 Å². The number of carbonyl (C=O) groups is 1. The molecule has 13 heteroatoms. The van der Waals surface area contributed by atoms with Crippen molar-refractivity contribution in [2.45, 2.75) is 109 Å². The zero-order chi connectivity index (χ0) is 30.1. The van der Waals surface area contributed by atoms with Crippen LogP contribution in [0.3, 0.4) is 0 Å². The molecule has 2 aliphatic rings. The first kappa shape index (κ1) is 33.2. The van der Waals surface area contributed by atoms with Crippen molar-refractivity contribution in [3.8, 4) is 5.75 Å². The molecule has 0 amide bonds. The molecule has 0 radical (unpaired) electrons. The van der Waals surface area contributed by atoms with Gasteiger partial charge in [-0.1, -0.05) is 0 Å². The average Bonchev–Trinajstić information content (AvgIpc) is 3.28. The molecule has 8 nitrogen and oxygen atoms in total. The van der Waals surface area contributed by atoms with E-state index in [1.54, 1.807) is 48.5 Å². The van der Waals surface area contributed by atoms with Crippen LogP contribution < -0.4 is 9.61 Å². The van der Waals surface area contributed by atoms with Gasteiger partial charge in [0.1, 0.15) is 5.67 Å². The van der Waals surface area contributed by atoms with Gasteiger partial charge in [-0.15, -0.1) is 0 Å². The molecule has 2 fully saturated rings. The number of hydrogen-bond donors (Lipinski definition) is 1. The number of hydrogen-bond acceptors (Lipinski definition) is 8. The second-order valence-electron chi connectivity index (χ2n) is 10.6. The second-order valence-corrected chi connectivity index (χ2v) is 17.8. The third-order valence-electron chi connectivity index (χ3n) is 6.47. The van der Waals surface area contributed by atoms with Crippen molar-refractivity contribution in [3.63, 3.8) is 0 Å². The standard InChI is InChI=1S/C19H29FNO5P.C7H14FO2P.W/c1-13(2)24-18(22)14(3)21-27(26-16-9-7-6-8-10-16)23-12-17-11-19(5,20)15(4)25-17;1-5-7(2,8)3-6(10-5)4-9-11;/h6-10,13-15,17,21H,11-12H2,1-5H3;5-6H,3-4,11H2,1-2H3;/t14-,15+,17+,19-,27?;5-,6-,7+;/m10./s1/i;11D;/tm;5-,6-,7+,11?;. The monoisotopic (exact) mass is 766 g/mol. The molecule has 2 heterocycles. The van der Waals surface area contributed by atoms with Gasteiger partial charge in [0.15, 0.2) is 0 Å². The van der Waals surface area contributed by atoms with E-state index in [0.29, 0.717) is 18.8 Å². The summed E-state index contributed by atoms with van der Waals surface area (Å²) >= 11 is 1.02. The summed E-state index contributed by atoms with van der Waals surface area (Å²) in [6.07, 6.45) is -0.949. The molecule has 0 saturated carbocycles. The van der Waals surface area contributed by atoms with E-state index < -0.39 is 29.0 Å². The maximum atomic E-state index is 14.4. The summed E-state index contributed by atoms with van der Waals surface area (Å²) in [4.78, 5) is 12.2. The normalized spacial score (nSPS) is 33.3. The maximum Gasteiger partial charge on any atom is 0.136 e. The van der Waals surface area contributed by atoms with Crippen LogP contribution in [0.15, 0.2) is 30.3 Å². The Morgan fingerprint density at radius 3 is 2.13 bits per heavy atom. The number of alkyl halides is 2. The molecule has 1 aromatic rings. The number of ether oxygens (including phenoxy) is 3. The smallest absolute Gasteiger partial charge is 0.136 e. The summed E-state index contributed by atoms with van der Waals surface area (Å²) < 4.78 is 67.9. The van der Waals surface area contributed by atoms with Gasteiger partial charge in [0.25, 0.3) is 0 Å². The van der Waals surface area contributed by atoms with Gasteiger partial charge in [-0.05, 0) is 13.8 Å². The minimum atomic E-state index is -2.63. The fourth-order valence-electron chi connectivity index (χ4n) is 3.98. The topological polar surface area (TPSA) is 84.5 Å². The number of rotatable bonds is 12. The largest absolute Gasteiger partial charge is 0.369 e. The number of para-hydroxylation sites is 1. The van der Waals surface area contributed by atoms with E-state index in [0.717, 1.165) is 18.8 Å². The average molecular weight is 766 g/mol. The Labute approximate surface area is 245 Å². The van der Waals surface area contributed by atoms with Crippen molar-refractivity contribution in [2.75, 3.05) is 13.2 Å². The fourth-order valence-corrected chi connectivity index (χ4v) is 8.98. The SMILES string of the molecule is CC(C)OC(=O)[C@@H](C)N[P](=[W])(OC[C@@H]1C[C@@](C)(F)[C@H](C)O1)Oc1ccccc1.[2H]POC[C@@H]1C[C@@](C)(F)[C@H](C)O1. The molecule has 1 aromatic carbocycles. The van der Waals surface area contributed by atoms with Crippen LogP contribution in [0.5, 0.6) is 5.75 Å². The summed E-state index contributed by atoms with van der Waals surface area (Å²) in [5, 5.41) is 3.18. The minimum absolute atomic E-state index is 0.173. The number of carbonyl (C=O) groups excluding carboxylic acids is 1. The Bertz CT molecular complexity index is 980. The van der Waals surface area contributed by atoms with Gasteiger partial charge in [-0.2, -0.15) is 0 Å². The van der Waals surface area contributed by atoms with Crippen molar-refractivity contribution in [2.24, 2.45) is 0 Å². The van der Waals surface area contributed by atoms with Crippen LogP contribution in [0.25, 0.3) is 0 Å². The fraction of sp³-hybridized carbons (Fsp3) is 0.731. The molecule has 1 N–H and O–H groups in total. The van der Waals surface area contributed by atoms with Gasteiger partial charge in [0.05, 0.1) is 20.1 Å². The van der Waals surface area contributed by atoms with Crippen LogP contribution in [0.4, 0.5) is 8.78 Å². The van der Waals surface area contributed by atoms with Gasteiger partial charge in [0.2, 0.25) is 0 Å². The van der Waals surface area contributed by atoms with Crippen molar-refractivity contribution in [1.82, 2.24) is 5.09 Å². The third kappa shape index (κ3) is 11.5. The molecule has 0 spiro atoms. The minimum Gasteiger partial charge on any atom is -0.369 e. The molecule has 9 atom stereocenters. The Hall–Kier alpha value is -0.302. The van der Waals surface area contributed by atoms with Crippen molar-refractivity contribution >= 4 is 20.9 Å². The molecule has 39 heavy (non-hydrogen) atoms. The molecule has 3 rings (SSSR count). The van der Waals surface area contributed by atoms with Crippen LogP contribution in [0.1, 0.15) is 61.3 Å². The Kier molecular flexibility index (Phi) is 13.0. The molecule has 0 aliphatic carbocycles. The van der Waals surface area contributed by atoms with Crippen LogP contribution >= 0.6 is 14.9 Å². The molecule has 0 aromatic heterocycles. The molecular weight excluding hydrogens is 722 g/mol. The summed E-state index contributed by atoms with van der Waals surface area (Å²) in [5.41, 5.74) is -5.24. The maximum absolute atomic E-state index is 14.4. The zero-order valence-electron chi connectivity index (χ0n) is 24.6. The van der Waals surface area contributed by atoms with E-state index in [1.165, 1.54) is 0 Å². The second kappa shape index (κ2) is 15.3. The van der Waals surface area contributed by atoms with Gasteiger partial charge >= 0.3 is 177 Å². The van der Waals surface area contributed by atoms with Crippen LogP contribution in [-0.4, -0.2) is 68.4 Å². The molecule has 2 unspecified atom stereocenters. The summed E-state index contributed by atoms with van der Waals surface area (Å²) in [6, 6.07) is 8.66. The van der Waals surface area contributed by atoms with Crippen molar-refractivity contribution < 1.29 is 60.2 Å². The summed E-state index contributed by atoms with van der Waals surface area (Å²) in [6.45, 7) is 12.4. The first-order valence-electron chi connectivity index (χ1n) is 13.5. The Morgan fingerprint density at radius 2 is 1.67 bits per heavy atom. The Morgan fingerprint density at radius 1 is 1.13 bits per heavy atom. The van der Waals surface area contributed by atoms with E-state index >= 15 is 0 Å². The predicted octanol–water partition coefficient (Wildman–Crippen LogP) is 5.84. The van der Waals surface area contributed by atoms with Gasteiger partial charge < -0.3 is 9.26 Å². The quantitative estimate of drug-likeness (QED) is 0.210. The molecule has 0 bridgehead atoms. The number of nitrogens with one attached hydrogen (secondary N) is 1. The number of halogens is 2. The summed E-state index contributed by atoms with van der Waals surface area (Å²) in [7, 11) is -0.294. The van der Waals surface area contributed by atoms with Crippen molar-refractivity contribution in [3.05, 3.63) is 30.3 Å². The van der Waals surface area contributed by atoms with Gasteiger partial charge in [0, 0.05) is 15.8 Å². The number of benzene rings is 1. The molecule has 2 aliphatic heterocycles. The molecular formula is C26H43F2NO7P2W. The van der Waals surface area contributed by atoms with Crippen LogP contribution in [0, 0.1) is 0 Å². The first-order chi connectivity index (χ1) is 18.6. The molecule has 2 saturated heterocycles. The molecule has 224 valence electrons.